The molecule has 0 fully saturated rings. The molecule has 0 radical (unpaired) electrons. The molecule has 41 heavy (non-hydrogen) atoms. The Balaban J connectivity index is 1.58. The van der Waals surface area contributed by atoms with Crippen LogP contribution in [0.2, 0.25) is 5.02 Å². The van der Waals surface area contributed by atoms with Crippen LogP contribution in [-0.4, -0.2) is 42.0 Å². The van der Waals surface area contributed by atoms with E-state index in [0.29, 0.717) is 52.3 Å². The quantitative estimate of drug-likeness (QED) is 0.0710. The second kappa shape index (κ2) is 14.0. The van der Waals surface area contributed by atoms with E-state index >= 15 is 0 Å². The Labute approximate surface area is 242 Å². The lowest BCUT2D eigenvalue weighted by atomic mass is 10.1. The Morgan fingerprint density at radius 1 is 1.27 bits per heavy atom. The number of carbonyl (C=O) groups excluding carboxylic acids is 2. The Hall–Kier alpha value is -4.81. The van der Waals surface area contributed by atoms with Gasteiger partial charge in [0.2, 0.25) is 5.91 Å². The van der Waals surface area contributed by atoms with Gasteiger partial charge in [0, 0.05) is 40.2 Å². The minimum Gasteiger partial charge on any atom is -0.493 e. The zero-order valence-electron chi connectivity index (χ0n) is 22.3. The van der Waals surface area contributed by atoms with Crippen LogP contribution in [0.4, 0.5) is 16.2 Å². The number of hydrazine groups is 1. The largest absolute Gasteiger partial charge is 0.493 e. The topological polar surface area (TPSA) is 173 Å². The number of aromatic amines is 1. The predicted molar refractivity (Wildman–Crippen MR) is 159 cm³/mol. The molecule has 2 aromatic carbocycles. The maximum Gasteiger partial charge on any atom is 0.411 e. The first-order valence-electron chi connectivity index (χ1n) is 12.8. The van der Waals surface area contributed by atoms with Crippen LogP contribution in [0.3, 0.4) is 0 Å². The third-order valence-electron chi connectivity index (χ3n) is 6.12. The van der Waals surface area contributed by atoms with Crippen LogP contribution >= 0.6 is 11.6 Å². The highest BCUT2D eigenvalue weighted by Gasteiger charge is 2.19. The minimum absolute atomic E-state index is 0.338. The number of nitrogens with one attached hydrogen (secondary N) is 3. The highest BCUT2D eigenvalue weighted by Crippen LogP contribution is 2.33. The van der Waals surface area contributed by atoms with Gasteiger partial charge in [-0.05, 0) is 55.7 Å². The SMILES string of the molecule is COC(=O)Nc1ccc2c(c1)OCCC/C=C/C[C@H](NC(=O)/C=C/c1cc(Cl)ccc1N(N)/C=N\N)c1nc-2c[nH]1. The number of hydrazone groups is 1. The summed E-state index contributed by atoms with van der Waals surface area (Å²) in [7, 11) is 1.30. The van der Waals surface area contributed by atoms with Gasteiger partial charge in [-0.2, -0.15) is 5.10 Å². The van der Waals surface area contributed by atoms with Crippen LogP contribution in [0, 0.1) is 0 Å². The van der Waals surface area contributed by atoms with Crippen LogP contribution in [0.15, 0.2) is 65.9 Å². The number of halogens is 1. The van der Waals surface area contributed by atoms with Crippen molar-refractivity contribution in [3.63, 3.8) is 0 Å². The van der Waals surface area contributed by atoms with Gasteiger partial charge in [-0.3, -0.25) is 15.1 Å². The molecule has 214 valence electrons. The van der Waals surface area contributed by atoms with Crippen LogP contribution < -0.4 is 32.1 Å². The first-order valence-corrected chi connectivity index (χ1v) is 13.1. The van der Waals surface area contributed by atoms with E-state index in [1.807, 2.05) is 18.2 Å². The number of hydrogen-bond acceptors (Lipinski definition) is 8. The van der Waals surface area contributed by atoms with E-state index in [1.54, 1.807) is 42.6 Å². The molecule has 0 aliphatic carbocycles. The number of carbonyl (C=O) groups is 2. The number of hydrogen-bond donors (Lipinski definition) is 5. The molecule has 7 N–H and O–H groups in total. The molecule has 1 atom stereocenters. The summed E-state index contributed by atoms with van der Waals surface area (Å²) in [4.78, 5) is 32.6. The lowest BCUT2D eigenvalue weighted by Crippen LogP contribution is -2.30. The summed E-state index contributed by atoms with van der Waals surface area (Å²) in [6.07, 6.45) is 11.6. The molecule has 12 nitrogen and oxygen atoms in total. The summed E-state index contributed by atoms with van der Waals surface area (Å²) in [5.74, 6) is 12.0. The van der Waals surface area contributed by atoms with Gasteiger partial charge in [0.25, 0.3) is 0 Å². The van der Waals surface area contributed by atoms with E-state index in [2.05, 4.69) is 25.5 Å². The summed E-state index contributed by atoms with van der Waals surface area (Å²) in [6, 6.07) is 9.89. The fourth-order valence-electron chi connectivity index (χ4n) is 4.14. The van der Waals surface area contributed by atoms with E-state index in [9.17, 15) is 9.59 Å². The minimum atomic E-state index is -0.578. The van der Waals surface area contributed by atoms with Gasteiger partial charge < -0.3 is 25.6 Å². The van der Waals surface area contributed by atoms with Gasteiger partial charge in [0.15, 0.2) is 0 Å². The van der Waals surface area contributed by atoms with E-state index in [0.717, 1.165) is 18.4 Å². The average molecular weight is 579 g/mol. The van der Waals surface area contributed by atoms with E-state index in [-0.39, 0.29) is 5.91 Å². The first kappa shape index (κ1) is 29.2. The zero-order chi connectivity index (χ0) is 29.2. The third-order valence-corrected chi connectivity index (χ3v) is 6.35. The van der Waals surface area contributed by atoms with Gasteiger partial charge in [0.1, 0.15) is 17.9 Å². The van der Waals surface area contributed by atoms with Crippen molar-refractivity contribution in [3.8, 4) is 17.0 Å². The maximum absolute atomic E-state index is 13.0. The number of methoxy groups -OCH3 is 1. The molecule has 2 bridgehead atoms. The maximum atomic E-state index is 13.0. The summed E-state index contributed by atoms with van der Waals surface area (Å²) in [6.45, 7) is 0.476. The standard InChI is InChI=1S/C28H31ClN8O4/c1-40-28(39)34-20-9-10-21-23-16-32-27(36-23)22(6-4-2-3-5-13-41-25(21)15-20)35-26(38)12-7-18-14-19(29)8-11-24(18)37(31)17-33-30/h2,4,7-12,14-17,22H,3,5-6,13,30-31H2,1H3,(H,32,36)(H,34,39)(H,35,38)/b4-2+,12-7+,33-17-/t22-/m0/s1. The number of allylic oxidation sites excluding steroid dienone is 1. The number of benzene rings is 2. The number of aromatic nitrogens is 2. The van der Waals surface area contributed by atoms with Crippen molar-refractivity contribution in [1.29, 1.82) is 0 Å². The average Bonchev–Trinajstić information content (AvgIpc) is 3.45. The number of anilines is 2. The van der Waals surface area contributed by atoms with Gasteiger partial charge >= 0.3 is 6.09 Å². The van der Waals surface area contributed by atoms with Crippen molar-refractivity contribution in [2.45, 2.75) is 25.3 Å². The molecular formula is C28H31ClN8O4. The molecule has 0 saturated carbocycles. The molecule has 4 rings (SSSR count). The van der Waals surface area contributed by atoms with E-state index in [4.69, 9.17) is 33.0 Å². The molecule has 3 aromatic rings. The van der Waals surface area contributed by atoms with Gasteiger partial charge in [0.05, 0.1) is 31.1 Å². The normalized spacial score (nSPS) is 16.0. The number of H-pyrrole nitrogens is 1. The van der Waals surface area contributed by atoms with Crippen molar-refractivity contribution in [2.75, 3.05) is 24.0 Å². The number of ether oxygens (including phenoxy) is 2. The van der Waals surface area contributed by atoms with Crippen molar-refractivity contribution in [2.24, 2.45) is 16.8 Å². The Morgan fingerprint density at radius 2 is 2.12 bits per heavy atom. The molecule has 0 spiro atoms. The summed E-state index contributed by atoms with van der Waals surface area (Å²) < 4.78 is 10.7. The number of rotatable bonds is 6. The Morgan fingerprint density at radius 3 is 2.93 bits per heavy atom. The fraction of sp³-hybridized carbons (Fsp3) is 0.214. The number of fused-ring (bicyclic) bond motifs is 4. The number of amides is 2. The Kier molecular flexibility index (Phi) is 9.97. The van der Waals surface area contributed by atoms with Crippen LogP contribution in [-0.2, 0) is 9.53 Å². The molecule has 1 aromatic heterocycles. The lowest BCUT2D eigenvalue weighted by Gasteiger charge is -2.16. The van der Waals surface area contributed by atoms with Crippen molar-refractivity contribution < 1.29 is 19.1 Å². The van der Waals surface area contributed by atoms with Gasteiger partial charge in [-0.1, -0.05) is 23.8 Å². The van der Waals surface area contributed by atoms with E-state index in [1.165, 1.54) is 24.5 Å². The number of imidazole rings is 1. The lowest BCUT2D eigenvalue weighted by molar-refractivity contribution is -0.117. The van der Waals surface area contributed by atoms with Crippen LogP contribution in [0.25, 0.3) is 17.3 Å². The van der Waals surface area contributed by atoms with Gasteiger partial charge in [-0.25, -0.2) is 15.6 Å². The summed E-state index contributed by atoms with van der Waals surface area (Å²) in [5.41, 5.74) is 3.05. The molecule has 1 aliphatic heterocycles. The summed E-state index contributed by atoms with van der Waals surface area (Å²) >= 11 is 6.16. The summed E-state index contributed by atoms with van der Waals surface area (Å²) in [5, 5.41) is 10.8. The fourth-order valence-corrected chi connectivity index (χ4v) is 4.32. The molecule has 2 heterocycles. The van der Waals surface area contributed by atoms with E-state index < -0.39 is 12.1 Å². The molecule has 13 heteroatoms. The predicted octanol–water partition coefficient (Wildman–Crippen LogP) is 4.48. The van der Waals surface area contributed by atoms with Crippen molar-refractivity contribution in [1.82, 2.24) is 15.3 Å². The molecule has 2 amide bonds. The molecule has 1 aliphatic rings. The molecular weight excluding hydrogens is 548 g/mol. The smallest absolute Gasteiger partial charge is 0.411 e. The first-order chi connectivity index (χ1) is 19.9. The second-order valence-corrected chi connectivity index (χ2v) is 9.40. The monoisotopic (exact) mass is 578 g/mol. The third kappa shape index (κ3) is 7.87. The highest BCUT2D eigenvalue weighted by molar-refractivity contribution is 6.30. The molecule has 0 unspecified atom stereocenters. The second-order valence-electron chi connectivity index (χ2n) is 8.97. The van der Waals surface area contributed by atoms with Crippen LogP contribution in [0.5, 0.6) is 5.75 Å². The number of nitrogens with zero attached hydrogens (tertiary/aromatic N) is 3. The molecule has 0 saturated heterocycles. The highest BCUT2D eigenvalue weighted by atomic mass is 35.5. The van der Waals surface area contributed by atoms with Crippen molar-refractivity contribution in [3.05, 3.63) is 77.2 Å². The van der Waals surface area contributed by atoms with Gasteiger partial charge in [-0.15, -0.1) is 0 Å². The number of nitrogens with two attached hydrogens (primary N) is 2. The Bertz CT molecular complexity index is 1470. The zero-order valence-corrected chi connectivity index (χ0v) is 23.1. The van der Waals surface area contributed by atoms with Crippen LogP contribution in [0.1, 0.15) is 36.7 Å². The van der Waals surface area contributed by atoms with Crippen molar-refractivity contribution >= 4 is 47.4 Å².